The maximum absolute atomic E-state index is 12.3. The summed E-state index contributed by atoms with van der Waals surface area (Å²) in [4.78, 5) is 24.3. The molecule has 126 valence electrons. The number of esters is 1. The van der Waals surface area contributed by atoms with Gasteiger partial charge in [0.2, 0.25) is 0 Å². The number of carbonyl (C=O) groups is 2. The number of ether oxygens (including phenoxy) is 3. The van der Waals surface area contributed by atoms with E-state index in [4.69, 9.17) is 14.2 Å². The number of rotatable bonds is 6. The zero-order valence-electron chi connectivity index (χ0n) is 14.2. The molecule has 0 bridgehead atoms. The minimum absolute atomic E-state index is 0.127. The van der Waals surface area contributed by atoms with Crippen LogP contribution in [0.2, 0.25) is 0 Å². The molecule has 0 fully saturated rings. The Labute approximate surface area is 136 Å². The molecule has 0 aliphatic heterocycles. The Kier molecular flexibility index (Phi) is 5.29. The molecule has 0 radical (unpaired) electrons. The number of Topliss-reactive ketones (excluding diaryl/α,β-unsaturated/α-hetero) is 1. The van der Waals surface area contributed by atoms with Gasteiger partial charge >= 0.3 is 5.97 Å². The van der Waals surface area contributed by atoms with Gasteiger partial charge in [0.1, 0.15) is 11.5 Å². The number of benzene rings is 1. The Balaban J connectivity index is 2.42. The number of methoxy groups -OCH3 is 2. The summed E-state index contributed by atoms with van der Waals surface area (Å²) in [7, 11) is 3.21. The van der Waals surface area contributed by atoms with Crippen molar-refractivity contribution in [3.8, 4) is 11.5 Å². The van der Waals surface area contributed by atoms with Gasteiger partial charge in [-0.2, -0.15) is 0 Å². The monoisotopic (exact) mass is 320 g/mol. The summed E-state index contributed by atoms with van der Waals surface area (Å²) in [5.74, 6) is 1.01. The maximum Gasteiger partial charge on any atom is 0.306 e. The van der Waals surface area contributed by atoms with Crippen molar-refractivity contribution in [1.29, 1.82) is 0 Å². The molecule has 1 aromatic rings. The quantitative estimate of drug-likeness (QED) is 0.754. The molecule has 1 aromatic carbocycles. The minimum Gasteiger partial charge on any atom is -0.496 e. The number of carbonyl (C=O) groups excluding carboxylic acids is 2. The fourth-order valence-corrected chi connectivity index (χ4v) is 3.13. The Morgan fingerprint density at radius 1 is 1.13 bits per heavy atom. The van der Waals surface area contributed by atoms with Gasteiger partial charge in [0.25, 0.3) is 0 Å². The van der Waals surface area contributed by atoms with Crippen LogP contribution < -0.4 is 9.47 Å². The van der Waals surface area contributed by atoms with Crippen LogP contribution in [-0.2, 0) is 27.2 Å². The smallest absolute Gasteiger partial charge is 0.306 e. The summed E-state index contributed by atoms with van der Waals surface area (Å²) in [5, 5.41) is 0. The van der Waals surface area contributed by atoms with Gasteiger partial charge in [0, 0.05) is 24.0 Å². The molecule has 0 saturated carbocycles. The standard InChI is InChI=1S/C18H24O5/c1-5-6-17(20)23-18(12(2)19)10-9-13-14(11-18)16(22-4)8-7-15(13)21-3/h7-8H,5-6,9-11H2,1-4H3. The lowest BCUT2D eigenvalue weighted by molar-refractivity contribution is -0.168. The Hall–Kier alpha value is -2.04. The number of ketones is 1. The van der Waals surface area contributed by atoms with Crippen molar-refractivity contribution in [3.63, 3.8) is 0 Å². The molecule has 0 spiro atoms. The molecule has 0 saturated heterocycles. The summed E-state index contributed by atoms with van der Waals surface area (Å²) in [6.45, 7) is 3.39. The Bertz CT molecular complexity index is 608. The van der Waals surface area contributed by atoms with E-state index in [1.165, 1.54) is 6.92 Å². The van der Waals surface area contributed by atoms with Gasteiger partial charge in [-0.25, -0.2) is 0 Å². The zero-order valence-corrected chi connectivity index (χ0v) is 14.2. The van der Waals surface area contributed by atoms with Crippen LogP contribution in [0.5, 0.6) is 11.5 Å². The van der Waals surface area contributed by atoms with E-state index in [0.717, 1.165) is 16.9 Å². The second kappa shape index (κ2) is 7.02. The summed E-state index contributed by atoms with van der Waals surface area (Å²) in [6.07, 6.45) is 2.41. The molecule has 2 rings (SSSR count). The summed E-state index contributed by atoms with van der Waals surface area (Å²) in [6, 6.07) is 3.68. The predicted octanol–water partition coefficient (Wildman–Crippen LogP) is 2.86. The lowest BCUT2D eigenvalue weighted by Crippen LogP contribution is -2.47. The molecule has 23 heavy (non-hydrogen) atoms. The lowest BCUT2D eigenvalue weighted by atomic mass is 9.77. The fourth-order valence-electron chi connectivity index (χ4n) is 3.13. The predicted molar refractivity (Wildman–Crippen MR) is 86.0 cm³/mol. The molecular formula is C18H24O5. The first-order valence-electron chi connectivity index (χ1n) is 7.93. The maximum atomic E-state index is 12.3. The van der Waals surface area contributed by atoms with E-state index in [9.17, 15) is 9.59 Å². The van der Waals surface area contributed by atoms with E-state index in [-0.39, 0.29) is 11.8 Å². The number of hydrogen-bond acceptors (Lipinski definition) is 5. The van der Waals surface area contributed by atoms with E-state index >= 15 is 0 Å². The van der Waals surface area contributed by atoms with Crippen LogP contribution in [0.4, 0.5) is 0 Å². The molecule has 5 nitrogen and oxygen atoms in total. The van der Waals surface area contributed by atoms with Crippen molar-refractivity contribution < 1.29 is 23.8 Å². The molecule has 0 heterocycles. The van der Waals surface area contributed by atoms with Gasteiger partial charge in [0.15, 0.2) is 11.4 Å². The van der Waals surface area contributed by atoms with E-state index in [2.05, 4.69) is 0 Å². The molecule has 0 aromatic heterocycles. The lowest BCUT2D eigenvalue weighted by Gasteiger charge is -2.36. The largest absolute Gasteiger partial charge is 0.496 e. The van der Waals surface area contributed by atoms with Crippen molar-refractivity contribution in [2.24, 2.45) is 0 Å². The second-order valence-electron chi connectivity index (χ2n) is 5.88. The first kappa shape index (κ1) is 17.3. The first-order valence-corrected chi connectivity index (χ1v) is 7.93. The number of hydrogen-bond donors (Lipinski definition) is 0. The van der Waals surface area contributed by atoms with Crippen molar-refractivity contribution in [2.45, 2.75) is 51.6 Å². The summed E-state index contributed by atoms with van der Waals surface area (Å²) in [5.41, 5.74) is 0.812. The molecular weight excluding hydrogens is 296 g/mol. The minimum atomic E-state index is -1.10. The first-order chi connectivity index (χ1) is 11.0. The van der Waals surface area contributed by atoms with Crippen molar-refractivity contribution >= 4 is 11.8 Å². The van der Waals surface area contributed by atoms with Gasteiger partial charge in [0.05, 0.1) is 14.2 Å². The van der Waals surface area contributed by atoms with Crippen LogP contribution in [0.15, 0.2) is 12.1 Å². The second-order valence-corrected chi connectivity index (χ2v) is 5.88. The van der Waals surface area contributed by atoms with Gasteiger partial charge in [-0.3, -0.25) is 9.59 Å². The highest BCUT2D eigenvalue weighted by Gasteiger charge is 2.44. The summed E-state index contributed by atoms with van der Waals surface area (Å²) >= 11 is 0. The molecule has 1 atom stereocenters. The Morgan fingerprint density at radius 2 is 1.74 bits per heavy atom. The molecule has 1 aliphatic rings. The third kappa shape index (κ3) is 3.33. The normalized spacial score (nSPS) is 19.7. The van der Waals surface area contributed by atoms with Crippen molar-refractivity contribution in [2.75, 3.05) is 14.2 Å². The van der Waals surface area contributed by atoms with Gasteiger partial charge in [-0.05, 0) is 38.3 Å². The average Bonchev–Trinajstić information content (AvgIpc) is 2.53. The van der Waals surface area contributed by atoms with Gasteiger partial charge in [-0.15, -0.1) is 0 Å². The van der Waals surface area contributed by atoms with Crippen molar-refractivity contribution in [1.82, 2.24) is 0 Å². The molecule has 1 aliphatic carbocycles. The van der Waals surface area contributed by atoms with E-state index in [1.54, 1.807) is 14.2 Å². The van der Waals surface area contributed by atoms with Crippen LogP contribution in [0.1, 0.15) is 44.2 Å². The molecule has 5 heteroatoms. The van der Waals surface area contributed by atoms with Crippen LogP contribution in [0.25, 0.3) is 0 Å². The molecule has 0 amide bonds. The topological polar surface area (TPSA) is 61.8 Å². The zero-order chi connectivity index (χ0) is 17.0. The fraction of sp³-hybridized carbons (Fsp3) is 0.556. The van der Waals surface area contributed by atoms with E-state index in [1.807, 2.05) is 19.1 Å². The third-order valence-corrected chi connectivity index (χ3v) is 4.43. The van der Waals surface area contributed by atoms with E-state index < -0.39 is 5.60 Å². The molecule has 0 N–H and O–H groups in total. The van der Waals surface area contributed by atoms with E-state index in [0.29, 0.717) is 37.9 Å². The SMILES string of the molecule is CCCC(=O)OC1(C(C)=O)CCc2c(OC)ccc(OC)c2C1. The highest BCUT2D eigenvalue weighted by molar-refractivity contribution is 5.88. The highest BCUT2D eigenvalue weighted by atomic mass is 16.6. The van der Waals surface area contributed by atoms with Crippen LogP contribution in [-0.4, -0.2) is 31.6 Å². The van der Waals surface area contributed by atoms with Crippen LogP contribution in [0, 0.1) is 0 Å². The number of fused-ring (bicyclic) bond motifs is 1. The Morgan fingerprint density at radius 3 is 2.26 bits per heavy atom. The van der Waals surface area contributed by atoms with Crippen molar-refractivity contribution in [3.05, 3.63) is 23.3 Å². The van der Waals surface area contributed by atoms with Crippen LogP contribution >= 0.6 is 0 Å². The third-order valence-electron chi connectivity index (χ3n) is 4.43. The summed E-state index contributed by atoms with van der Waals surface area (Å²) < 4.78 is 16.5. The average molecular weight is 320 g/mol. The van der Waals surface area contributed by atoms with Crippen LogP contribution in [0.3, 0.4) is 0 Å². The molecule has 1 unspecified atom stereocenters. The highest BCUT2D eigenvalue weighted by Crippen LogP contribution is 2.41. The van der Waals surface area contributed by atoms with Gasteiger partial charge in [-0.1, -0.05) is 6.92 Å². The van der Waals surface area contributed by atoms with Gasteiger partial charge < -0.3 is 14.2 Å².